The SMILES string of the molecule is c1ccc(-c2cccc(-c3ccccc3)c2N2c3ccc(-c4cccc5c4sc4ccccc45)cc3B3c4cc(-c5cccc6c5oc5ccccc56)ccc4N(c4ccccc4)c4cccc2c43)cc1. The third-order valence-corrected chi connectivity index (χ3v) is 16.1. The first-order valence-corrected chi connectivity index (χ1v) is 25.2. The van der Waals surface area contributed by atoms with Gasteiger partial charge in [0.2, 0.25) is 0 Å². The van der Waals surface area contributed by atoms with Crippen molar-refractivity contribution < 1.29 is 4.42 Å². The van der Waals surface area contributed by atoms with E-state index in [1.54, 1.807) is 0 Å². The van der Waals surface area contributed by atoms with E-state index in [1.165, 1.54) is 75.6 Å². The lowest BCUT2D eigenvalue weighted by Crippen LogP contribution is -2.61. The Morgan fingerprint density at radius 3 is 1.59 bits per heavy atom. The number of thiophene rings is 1. The van der Waals surface area contributed by atoms with Gasteiger partial charge in [0.1, 0.15) is 11.2 Å². The average Bonchev–Trinajstić information content (AvgIpc) is 4.02. The summed E-state index contributed by atoms with van der Waals surface area (Å²) in [4.78, 5) is 5.08. The highest BCUT2D eigenvalue weighted by Crippen LogP contribution is 2.51. The summed E-state index contributed by atoms with van der Waals surface area (Å²) in [5, 5.41) is 4.85. The molecule has 2 aliphatic heterocycles. The van der Waals surface area contributed by atoms with Gasteiger partial charge in [-0.05, 0) is 92.7 Å². The number of rotatable bonds is 6. The molecule has 2 aromatic heterocycles. The van der Waals surface area contributed by atoms with Crippen LogP contribution >= 0.6 is 11.3 Å². The second-order valence-electron chi connectivity index (χ2n) is 18.7. The molecule has 0 spiro atoms. The molecule has 4 heterocycles. The monoisotopic (exact) mass is 920 g/mol. The summed E-state index contributed by atoms with van der Waals surface area (Å²) in [6, 6.07) is 91.4. The van der Waals surface area contributed by atoms with Gasteiger partial charge in [-0.2, -0.15) is 0 Å². The molecule has 0 fully saturated rings. The van der Waals surface area contributed by atoms with E-state index >= 15 is 0 Å². The van der Waals surface area contributed by atoms with Crippen LogP contribution in [0.4, 0.5) is 34.1 Å². The molecule has 0 N–H and O–H groups in total. The summed E-state index contributed by atoms with van der Waals surface area (Å²) in [5.74, 6) is 0. The zero-order valence-electron chi connectivity index (χ0n) is 38.5. The Hall–Kier alpha value is -8.90. The third-order valence-electron chi connectivity index (χ3n) is 14.9. The summed E-state index contributed by atoms with van der Waals surface area (Å²) in [7, 11) is 0. The van der Waals surface area contributed by atoms with E-state index in [9.17, 15) is 0 Å². The minimum absolute atomic E-state index is 0.122. The molecule has 5 heteroatoms. The average molecular weight is 921 g/mol. The highest BCUT2D eigenvalue weighted by Gasteiger charge is 2.44. The molecular weight excluding hydrogens is 880 g/mol. The van der Waals surface area contributed by atoms with E-state index < -0.39 is 0 Å². The number of fused-ring (bicyclic) bond motifs is 10. The fourth-order valence-corrected chi connectivity index (χ4v) is 13.0. The van der Waals surface area contributed by atoms with E-state index in [1.807, 2.05) is 11.3 Å². The Morgan fingerprint density at radius 1 is 0.352 bits per heavy atom. The quantitative estimate of drug-likeness (QED) is 0.155. The molecule has 11 aromatic carbocycles. The molecule has 0 radical (unpaired) electrons. The number of anilines is 6. The Balaban J connectivity index is 1.05. The largest absolute Gasteiger partial charge is 0.455 e. The number of furan rings is 1. The van der Waals surface area contributed by atoms with Gasteiger partial charge in [0.15, 0.2) is 0 Å². The lowest BCUT2D eigenvalue weighted by molar-refractivity contribution is 0.670. The maximum Gasteiger partial charge on any atom is 0.252 e. The minimum atomic E-state index is -0.122. The Kier molecular flexibility index (Phi) is 8.92. The van der Waals surface area contributed by atoms with Crippen LogP contribution in [-0.2, 0) is 0 Å². The van der Waals surface area contributed by atoms with E-state index in [2.05, 4.69) is 259 Å². The van der Waals surface area contributed by atoms with Gasteiger partial charge in [0, 0.05) is 76.1 Å². The van der Waals surface area contributed by atoms with Gasteiger partial charge >= 0.3 is 0 Å². The lowest BCUT2D eigenvalue weighted by Gasteiger charge is -2.45. The molecule has 3 nitrogen and oxygen atoms in total. The molecule has 0 unspecified atom stereocenters. The van der Waals surface area contributed by atoms with Crippen LogP contribution < -0.4 is 26.2 Å². The fourth-order valence-electron chi connectivity index (χ4n) is 11.8. The van der Waals surface area contributed by atoms with Crippen molar-refractivity contribution in [3.63, 3.8) is 0 Å². The second-order valence-corrected chi connectivity index (χ2v) is 19.7. The summed E-state index contributed by atoms with van der Waals surface area (Å²) in [6.07, 6.45) is 0. The molecule has 0 bridgehead atoms. The summed E-state index contributed by atoms with van der Waals surface area (Å²) in [6.45, 7) is -0.122. The van der Waals surface area contributed by atoms with Gasteiger partial charge in [0.25, 0.3) is 6.71 Å². The van der Waals surface area contributed by atoms with Gasteiger partial charge in [-0.15, -0.1) is 11.3 Å². The number of hydrogen-bond acceptors (Lipinski definition) is 4. The molecule has 0 saturated heterocycles. The first kappa shape index (κ1) is 40.0. The van der Waals surface area contributed by atoms with Crippen LogP contribution in [-0.4, -0.2) is 6.71 Å². The summed E-state index contributed by atoms with van der Waals surface area (Å²) >= 11 is 1.89. The number of hydrogen-bond donors (Lipinski definition) is 0. The van der Waals surface area contributed by atoms with Crippen molar-refractivity contribution >= 4 is 111 Å². The molecule has 0 saturated carbocycles. The Bertz CT molecular complexity index is 4200. The van der Waals surface area contributed by atoms with Crippen LogP contribution in [0.1, 0.15) is 0 Å². The van der Waals surface area contributed by atoms with Crippen molar-refractivity contribution in [3.05, 3.63) is 249 Å². The molecular formula is C66H41BN2OS. The predicted octanol–water partition coefficient (Wildman–Crippen LogP) is 16.7. The molecule has 0 amide bonds. The highest BCUT2D eigenvalue weighted by atomic mass is 32.1. The van der Waals surface area contributed by atoms with E-state index in [-0.39, 0.29) is 6.71 Å². The van der Waals surface area contributed by atoms with Gasteiger partial charge < -0.3 is 14.2 Å². The van der Waals surface area contributed by atoms with Crippen molar-refractivity contribution in [1.82, 2.24) is 0 Å². The molecule has 71 heavy (non-hydrogen) atoms. The molecule has 0 aliphatic carbocycles. The zero-order chi connectivity index (χ0) is 46.6. The number of nitrogens with zero attached hydrogens (tertiary/aromatic N) is 2. The third kappa shape index (κ3) is 6.10. The summed E-state index contributed by atoms with van der Waals surface area (Å²) < 4.78 is 9.34. The van der Waals surface area contributed by atoms with Crippen molar-refractivity contribution in [2.24, 2.45) is 0 Å². The minimum Gasteiger partial charge on any atom is -0.455 e. The van der Waals surface area contributed by atoms with Gasteiger partial charge in [-0.25, -0.2) is 0 Å². The van der Waals surface area contributed by atoms with Crippen LogP contribution in [0.3, 0.4) is 0 Å². The predicted molar refractivity (Wildman–Crippen MR) is 302 cm³/mol. The maximum atomic E-state index is 6.73. The smallest absolute Gasteiger partial charge is 0.252 e. The van der Waals surface area contributed by atoms with E-state index in [0.29, 0.717) is 0 Å². The van der Waals surface area contributed by atoms with Crippen molar-refractivity contribution in [2.75, 3.05) is 9.80 Å². The van der Waals surface area contributed by atoms with Crippen LogP contribution in [0.2, 0.25) is 0 Å². The Morgan fingerprint density at radius 2 is 0.873 bits per heavy atom. The van der Waals surface area contributed by atoms with E-state index in [4.69, 9.17) is 4.42 Å². The second kappa shape index (κ2) is 15.8. The van der Waals surface area contributed by atoms with Gasteiger partial charge in [0.05, 0.1) is 5.69 Å². The molecule has 15 rings (SSSR count). The normalized spacial score (nSPS) is 12.7. The van der Waals surface area contributed by atoms with Crippen molar-refractivity contribution in [3.8, 4) is 44.5 Å². The van der Waals surface area contributed by atoms with Gasteiger partial charge in [-0.1, -0.05) is 200 Å². The highest BCUT2D eigenvalue weighted by molar-refractivity contribution is 7.26. The molecule has 330 valence electrons. The first-order valence-electron chi connectivity index (χ1n) is 24.4. The van der Waals surface area contributed by atoms with Crippen molar-refractivity contribution in [1.29, 1.82) is 0 Å². The number of para-hydroxylation sites is 4. The van der Waals surface area contributed by atoms with Crippen LogP contribution in [0, 0.1) is 0 Å². The number of benzene rings is 11. The fraction of sp³-hybridized carbons (Fsp3) is 0. The molecule has 13 aromatic rings. The molecule has 0 atom stereocenters. The zero-order valence-corrected chi connectivity index (χ0v) is 39.3. The standard InChI is InChI=1S/C66H41BN2OS/c1-4-18-42(19-5-1)47-26-14-27-48(43-20-6-2-7-21-43)64(47)69-58-39-37-45(50-29-16-31-54-52-25-11-13-35-62(52)71-66(50)54)41-56(58)67-55-40-44(49-28-15-30-53-51-24-10-12-34-61(51)70-65(49)53)36-38-57(55)68(46-22-8-3-9-23-46)59-32-17-33-60(69)63(59)67/h1-41H. The Labute approximate surface area is 415 Å². The van der Waals surface area contributed by atoms with Crippen LogP contribution in [0.25, 0.3) is 86.6 Å². The van der Waals surface area contributed by atoms with E-state index in [0.717, 1.165) is 61.5 Å². The van der Waals surface area contributed by atoms with Gasteiger partial charge in [-0.3, -0.25) is 0 Å². The maximum absolute atomic E-state index is 6.73. The first-order chi connectivity index (χ1) is 35.2. The van der Waals surface area contributed by atoms with Crippen LogP contribution in [0.5, 0.6) is 0 Å². The topological polar surface area (TPSA) is 19.6 Å². The van der Waals surface area contributed by atoms with Crippen LogP contribution in [0.15, 0.2) is 253 Å². The molecule has 2 aliphatic rings. The van der Waals surface area contributed by atoms with Crippen molar-refractivity contribution in [2.45, 2.75) is 0 Å². The summed E-state index contributed by atoms with van der Waals surface area (Å²) in [5.41, 5.74) is 21.9. The lowest BCUT2D eigenvalue weighted by atomic mass is 9.33.